The van der Waals surface area contributed by atoms with Gasteiger partial charge in [0.05, 0.1) is 11.4 Å². The summed E-state index contributed by atoms with van der Waals surface area (Å²) in [4.78, 5) is 33.3. The highest BCUT2D eigenvalue weighted by atomic mass is 32.2. The Balaban J connectivity index is 1.35. The first-order valence-corrected chi connectivity index (χ1v) is 13.1. The lowest BCUT2D eigenvalue weighted by Gasteiger charge is -2.14. The standard InChI is InChI=1S/C28H21N3O5S2/c1-2-17-6-9-19(10-7-17)36-25-20(26(32)30-12-4-3-5-24(30)29-25)14-23-27(33)31(28(37)38-23)15-18-8-11-21-22(13-18)35-16-34-21/h3-14H,2,15-16H2,1H3/b23-14+. The molecule has 0 saturated carbocycles. The molecule has 2 aromatic heterocycles. The minimum absolute atomic E-state index is 0.117. The van der Waals surface area contributed by atoms with Crippen LogP contribution in [-0.4, -0.2) is 31.3 Å². The van der Waals surface area contributed by atoms with Crippen LogP contribution in [0.3, 0.4) is 0 Å². The van der Waals surface area contributed by atoms with Gasteiger partial charge in [-0.05, 0) is 60.0 Å². The van der Waals surface area contributed by atoms with Gasteiger partial charge in [0.1, 0.15) is 21.3 Å². The van der Waals surface area contributed by atoms with Crippen molar-refractivity contribution in [1.82, 2.24) is 14.3 Å². The quantitative estimate of drug-likeness (QED) is 0.243. The summed E-state index contributed by atoms with van der Waals surface area (Å²) in [6, 6.07) is 18.4. The molecule has 0 aliphatic carbocycles. The molecule has 0 unspecified atom stereocenters. The van der Waals surface area contributed by atoms with Crippen molar-refractivity contribution in [2.75, 3.05) is 6.79 Å². The summed E-state index contributed by atoms with van der Waals surface area (Å²) < 4.78 is 18.7. The second kappa shape index (κ2) is 9.96. The molecule has 1 amide bonds. The maximum atomic E-state index is 13.5. The van der Waals surface area contributed by atoms with E-state index in [2.05, 4.69) is 11.9 Å². The van der Waals surface area contributed by atoms with E-state index in [1.54, 1.807) is 24.4 Å². The summed E-state index contributed by atoms with van der Waals surface area (Å²) in [6.45, 7) is 2.51. The number of benzene rings is 2. The lowest BCUT2D eigenvalue weighted by molar-refractivity contribution is -0.122. The van der Waals surface area contributed by atoms with Crippen molar-refractivity contribution < 1.29 is 19.0 Å². The van der Waals surface area contributed by atoms with Gasteiger partial charge in [0.15, 0.2) is 11.5 Å². The van der Waals surface area contributed by atoms with E-state index in [0.29, 0.717) is 32.1 Å². The summed E-state index contributed by atoms with van der Waals surface area (Å²) in [5.41, 5.74) is 2.26. The molecule has 6 rings (SSSR count). The average molecular weight is 544 g/mol. The van der Waals surface area contributed by atoms with Gasteiger partial charge >= 0.3 is 0 Å². The number of fused-ring (bicyclic) bond motifs is 2. The van der Waals surface area contributed by atoms with Crippen molar-refractivity contribution >= 4 is 45.9 Å². The number of thioether (sulfide) groups is 1. The lowest BCUT2D eigenvalue weighted by Crippen LogP contribution is -2.27. The highest BCUT2D eigenvalue weighted by Crippen LogP contribution is 2.37. The Hall–Kier alpha value is -4.15. The van der Waals surface area contributed by atoms with Crippen LogP contribution in [0.15, 0.2) is 76.6 Å². The molecule has 2 aliphatic rings. The molecule has 2 aliphatic heterocycles. The van der Waals surface area contributed by atoms with Crippen LogP contribution in [0.1, 0.15) is 23.6 Å². The van der Waals surface area contributed by atoms with Crippen molar-refractivity contribution in [3.63, 3.8) is 0 Å². The van der Waals surface area contributed by atoms with Crippen LogP contribution in [0, 0.1) is 0 Å². The zero-order chi connectivity index (χ0) is 26.2. The SMILES string of the molecule is CCc1ccc(Oc2nc3ccccn3c(=O)c2/C=C2/SC(=S)N(Cc3ccc4c(c3)OCO4)C2=O)cc1. The van der Waals surface area contributed by atoms with Crippen molar-refractivity contribution in [3.05, 3.63) is 98.8 Å². The normalized spacial score (nSPS) is 15.6. The second-order valence-electron chi connectivity index (χ2n) is 8.62. The summed E-state index contributed by atoms with van der Waals surface area (Å²) in [5, 5.41) is 0. The topological polar surface area (TPSA) is 82.4 Å². The van der Waals surface area contributed by atoms with Gasteiger partial charge in [-0.25, -0.2) is 0 Å². The number of nitrogens with zero attached hydrogens (tertiary/aromatic N) is 3. The Labute approximate surface area is 227 Å². The van der Waals surface area contributed by atoms with Crippen LogP contribution in [-0.2, 0) is 17.8 Å². The molecule has 4 aromatic rings. The molecule has 0 N–H and O–H groups in total. The molecule has 0 bridgehead atoms. The number of aromatic nitrogens is 2. The first kappa shape index (κ1) is 24.2. The summed E-state index contributed by atoms with van der Waals surface area (Å²) in [7, 11) is 0. The van der Waals surface area contributed by atoms with Gasteiger partial charge in [0.2, 0.25) is 12.7 Å². The smallest absolute Gasteiger partial charge is 0.269 e. The molecule has 8 nitrogen and oxygen atoms in total. The van der Waals surface area contributed by atoms with Gasteiger partial charge in [0.25, 0.3) is 11.5 Å². The minimum Gasteiger partial charge on any atom is -0.454 e. The third-order valence-electron chi connectivity index (χ3n) is 6.21. The van der Waals surface area contributed by atoms with Crippen LogP contribution in [0.4, 0.5) is 0 Å². The summed E-state index contributed by atoms with van der Waals surface area (Å²) >= 11 is 6.66. The maximum absolute atomic E-state index is 13.5. The van der Waals surface area contributed by atoms with Gasteiger partial charge in [-0.2, -0.15) is 4.98 Å². The minimum atomic E-state index is -0.350. The van der Waals surface area contributed by atoms with Gasteiger partial charge < -0.3 is 14.2 Å². The Morgan fingerprint density at radius 1 is 1.05 bits per heavy atom. The van der Waals surface area contributed by atoms with Gasteiger partial charge in [-0.3, -0.25) is 18.9 Å². The predicted octanol–water partition coefficient (Wildman–Crippen LogP) is 5.18. The van der Waals surface area contributed by atoms with E-state index in [0.717, 1.165) is 29.3 Å². The molecule has 0 spiro atoms. The zero-order valence-electron chi connectivity index (χ0n) is 20.2. The van der Waals surface area contributed by atoms with Crippen molar-refractivity contribution in [3.8, 4) is 23.1 Å². The van der Waals surface area contributed by atoms with Gasteiger partial charge in [-0.1, -0.05) is 55.2 Å². The molecule has 0 radical (unpaired) electrons. The molecule has 190 valence electrons. The predicted molar refractivity (Wildman–Crippen MR) is 149 cm³/mol. The molecule has 2 aromatic carbocycles. The fraction of sp³-hybridized carbons (Fsp3) is 0.143. The van der Waals surface area contributed by atoms with Crippen LogP contribution >= 0.6 is 24.0 Å². The Morgan fingerprint density at radius 2 is 1.84 bits per heavy atom. The molecule has 1 saturated heterocycles. The number of carbonyl (C=O) groups is 1. The number of hydrogen-bond donors (Lipinski definition) is 0. The van der Waals surface area contributed by atoms with E-state index in [-0.39, 0.29) is 36.2 Å². The largest absolute Gasteiger partial charge is 0.454 e. The van der Waals surface area contributed by atoms with Crippen LogP contribution in [0.25, 0.3) is 11.7 Å². The number of ether oxygens (including phenoxy) is 3. The fourth-order valence-electron chi connectivity index (χ4n) is 4.18. The Morgan fingerprint density at radius 3 is 2.66 bits per heavy atom. The van der Waals surface area contributed by atoms with E-state index >= 15 is 0 Å². The molecule has 38 heavy (non-hydrogen) atoms. The third-order valence-corrected chi connectivity index (χ3v) is 7.58. The molecule has 1 fully saturated rings. The molecule has 0 atom stereocenters. The van der Waals surface area contributed by atoms with Crippen molar-refractivity contribution in [2.24, 2.45) is 0 Å². The Kier molecular flexibility index (Phi) is 6.34. The summed E-state index contributed by atoms with van der Waals surface area (Å²) in [6.07, 6.45) is 4.05. The molecule has 10 heteroatoms. The zero-order valence-corrected chi connectivity index (χ0v) is 21.9. The van der Waals surface area contributed by atoms with E-state index in [1.165, 1.54) is 15.4 Å². The number of rotatable bonds is 6. The molecular formula is C28H21N3O5S2. The average Bonchev–Trinajstić information content (AvgIpc) is 3.51. The first-order valence-electron chi connectivity index (χ1n) is 11.9. The summed E-state index contributed by atoms with van der Waals surface area (Å²) in [5.74, 6) is 1.66. The van der Waals surface area contributed by atoms with Crippen molar-refractivity contribution in [2.45, 2.75) is 19.9 Å². The first-order chi connectivity index (χ1) is 18.5. The van der Waals surface area contributed by atoms with Crippen LogP contribution in [0.2, 0.25) is 0 Å². The number of aryl methyl sites for hydroxylation is 1. The van der Waals surface area contributed by atoms with Crippen LogP contribution in [0.5, 0.6) is 23.1 Å². The van der Waals surface area contributed by atoms with E-state index in [4.69, 9.17) is 26.4 Å². The molecule has 4 heterocycles. The van der Waals surface area contributed by atoms with E-state index < -0.39 is 0 Å². The fourth-order valence-corrected chi connectivity index (χ4v) is 5.41. The van der Waals surface area contributed by atoms with Crippen LogP contribution < -0.4 is 19.8 Å². The number of carbonyl (C=O) groups excluding carboxylic acids is 1. The lowest BCUT2D eigenvalue weighted by atomic mass is 10.2. The molecular weight excluding hydrogens is 522 g/mol. The highest BCUT2D eigenvalue weighted by Gasteiger charge is 2.33. The number of pyridine rings is 1. The van der Waals surface area contributed by atoms with E-state index in [9.17, 15) is 9.59 Å². The third kappa shape index (κ3) is 4.52. The van der Waals surface area contributed by atoms with Gasteiger partial charge in [0, 0.05) is 6.20 Å². The van der Waals surface area contributed by atoms with Crippen molar-refractivity contribution in [1.29, 1.82) is 0 Å². The number of hydrogen-bond acceptors (Lipinski definition) is 8. The highest BCUT2D eigenvalue weighted by molar-refractivity contribution is 8.26. The van der Waals surface area contributed by atoms with Gasteiger partial charge in [-0.15, -0.1) is 0 Å². The van der Waals surface area contributed by atoms with E-state index in [1.807, 2.05) is 42.5 Å². The monoisotopic (exact) mass is 543 g/mol. The maximum Gasteiger partial charge on any atom is 0.269 e. The number of thiocarbonyl (C=S) groups is 1. The second-order valence-corrected chi connectivity index (χ2v) is 10.3. The Bertz CT molecular complexity index is 1680. The number of amides is 1.